The molecule has 1 fully saturated rings. The Kier molecular flexibility index (Phi) is 8.58. The fourth-order valence-electron chi connectivity index (χ4n) is 6.68. The third kappa shape index (κ3) is 5.15. The molecule has 0 bridgehead atoms. The van der Waals surface area contributed by atoms with Crippen molar-refractivity contribution in [3.63, 3.8) is 0 Å². The highest BCUT2D eigenvalue weighted by Gasteiger charge is 2.48. The van der Waals surface area contributed by atoms with E-state index in [1.165, 1.54) is 40.0 Å². The van der Waals surface area contributed by atoms with Crippen molar-refractivity contribution in [3.8, 4) is 34.1 Å². The molecule has 1 heterocycles. The molecule has 3 aliphatic rings. The number of fused-ring (bicyclic) bond motifs is 5. The number of rotatable bonds is 6. The number of carboxylic acids is 1. The third-order valence-electron chi connectivity index (χ3n) is 9.33. The number of phenolic OH excluding ortho intramolecular Hbond substituents is 3. The van der Waals surface area contributed by atoms with Crippen molar-refractivity contribution in [2.75, 3.05) is 7.11 Å². The van der Waals surface area contributed by atoms with Crippen LogP contribution >= 0.6 is 0 Å². The number of methoxy groups -OCH3 is 1. The van der Waals surface area contributed by atoms with Crippen LogP contribution in [0.4, 0.5) is 0 Å². The van der Waals surface area contributed by atoms with Gasteiger partial charge in [-0.05, 0) is 49.6 Å². The molecule has 1 aliphatic heterocycles. The lowest BCUT2D eigenvalue weighted by Crippen LogP contribution is -2.57. The van der Waals surface area contributed by atoms with Gasteiger partial charge in [0, 0.05) is 28.3 Å². The summed E-state index contributed by atoms with van der Waals surface area (Å²) in [5.74, 6) is -6.50. The van der Waals surface area contributed by atoms with Crippen molar-refractivity contribution in [1.82, 2.24) is 5.32 Å². The number of phenols is 3. The molecular formula is C34H33NO15. The highest BCUT2D eigenvalue weighted by Crippen LogP contribution is 2.57. The first-order valence-electron chi connectivity index (χ1n) is 15.3. The molecule has 16 nitrogen and oxygen atoms in total. The van der Waals surface area contributed by atoms with Crippen molar-refractivity contribution in [2.24, 2.45) is 0 Å². The van der Waals surface area contributed by atoms with Gasteiger partial charge in [0.05, 0.1) is 29.9 Å². The molecule has 16 heteroatoms. The Morgan fingerprint density at radius 3 is 2.10 bits per heavy atom. The minimum atomic E-state index is -1.84. The molecule has 3 aromatic carbocycles. The number of nitrogens with one attached hydrogen (secondary N) is 1. The number of carbonyl (C=O) groups is 4. The van der Waals surface area contributed by atoms with E-state index in [0.717, 1.165) is 12.1 Å². The largest absolute Gasteiger partial charge is 0.507 e. The summed E-state index contributed by atoms with van der Waals surface area (Å²) < 4.78 is 16.7. The Labute approximate surface area is 282 Å². The van der Waals surface area contributed by atoms with E-state index in [1.54, 1.807) is 0 Å². The Morgan fingerprint density at radius 1 is 0.840 bits per heavy atom. The quantitative estimate of drug-likeness (QED) is 0.134. The Hall–Kier alpha value is -5.10. The highest BCUT2D eigenvalue weighted by molar-refractivity contribution is 6.31. The topological polar surface area (TPSA) is 270 Å². The van der Waals surface area contributed by atoms with Crippen LogP contribution in [0.15, 0.2) is 24.3 Å². The number of carbonyl (C=O) groups excluding carboxylic acids is 3. The monoisotopic (exact) mass is 695 g/mol. The number of aliphatic carboxylic acids is 1. The van der Waals surface area contributed by atoms with Gasteiger partial charge in [-0.3, -0.25) is 19.2 Å². The van der Waals surface area contributed by atoms with Crippen LogP contribution in [-0.2, 0) is 14.3 Å². The van der Waals surface area contributed by atoms with Crippen LogP contribution in [-0.4, -0.2) is 108 Å². The minimum absolute atomic E-state index is 0.0301. The molecule has 3 aromatic rings. The molecule has 0 saturated carbocycles. The first kappa shape index (κ1) is 34.8. The average molecular weight is 696 g/mol. The molecule has 8 atom stereocenters. The van der Waals surface area contributed by atoms with Crippen LogP contribution in [0.2, 0.25) is 0 Å². The summed E-state index contributed by atoms with van der Waals surface area (Å²) in [5, 5.41) is 89.0. The Bertz CT molecular complexity index is 1990. The normalized spacial score (nSPS) is 25.9. The first-order chi connectivity index (χ1) is 23.5. The number of aryl methyl sites for hydroxylation is 1. The van der Waals surface area contributed by atoms with Gasteiger partial charge in [-0.2, -0.15) is 0 Å². The fraction of sp³-hybridized carbons (Fsp3) is 0.353. The Morgan fingerprint density at radius 2 is 1.46 bits per heavy atom. The standard InChI is InChI=1S/C34H33NO15/c1-9-5-16-21(27(41)18(9)32(45)35-10(2)33(46)47)20-14(26(40)31(16)50-34-30(44)29(43)23(37)11(3)49-34)8-15-22(28(20)42)25(39)13-6-12(48-4)7-17(36)19(13)24(15)38/h5-8,10-11,23,26,29-31,34,36-37,40-44H,1-4H3,(H,35,45)(H,46,47)/t10?,11?,23?,26-,29?,30?,31-,34?/m0/s1. The zero-order chi connectivity index (χ0) is 36.7. The SMILES string of the molecule is COc1cc(O)c2c(c1)C(=O)c1c(cc3c(c1O)-c1c(cc(C)c(C(=O)NC(C)C(=O)O)c1O)[C@H](OC1OC(C)C(O)C(O)C1O)[C@H]3O)C2=O. The van der Waals surface area contributed by atoms with Gasteiger partial charge in [0.2, 0.25) is 0 Å². The predicted molar refractivity (Wildman–Crippen MR) is 167 cm³/mol. The maximum Gasteiger partial charge on any atom is 0.325 e. The van der Waals surface area contributed by atoms with Gasteiger partial charge in [-0.1, -0.05) is 6.07 Å². The van der Waals surface area contributed by atoms with Crippen molar-refractivity contribution in [1.29, 1.82) is 0 Å². The lowest BCUT2D eigenvalue weighted by atomic mass is 9.74. The third-order valence-corrected chi connectivity index (χ3v) is 9.33. The molecule has 9 N–H and O–H groups in total. The van der Waals surface area contributed by atoms with Gasteiger partial charge in [-0.25, -0.2) is 0 Å². The lowest BCUT2D eigenvalue weighted by molar-refractivity contribution is -0.312. The molecule has 1 amide bonds. The van der Waals surface area contributed by atoms with Crippen molar-refractivity contribution in [3.05, 3.63) is 68.8 Å². The van der Waals surface area contributed by atoms with Crippen LogP contribution in [0.3, 0.4) is 0 Å². The number of aliphatic hydroxyl groups excluding tert-OH is 4. The number of benzene rings is 3. The molecule has 6 unspecified atom stereocenters. The minimum Gasteiger partial charge on any atom is -0.507 e. The van der Waals surface area contributed by atoms with E-state index in [-0.39, 0.29) is 39.1 Å². The van der Waals surface area contributed by atoms with Gasteiger partial charge >= 0.3 is 5.97 Å². The number of hydrogen-bond acceptors (Lipinski definition) is 14. The molecule has 1 saturated heterocycles. The maximum absolute atomic E-state index is 13.9. The second-order valence-electron chi connectivity index (χ2n) is 12.4. The molecule has 0 radical (unpaired) electrons. The predicted octanol–water partition coefficient (Wildman–Crippen LogP) is 0.698. The number of hydrogen-bond donors (Lipinski definition) is 9. The van der Waals surface area contributed by atoms with Crippen molar-refractivity contribution >= 4 is 23.4 Å². The average Bonchev–Trinajstić information content (AvgIpc) is 3.06. The summed E-state index contributed by atoms with van der Waals surface area (Å²) in [5.41, 5.74) is -3.19. The van der Waals surface area contributed by atoms with Gasteiger partial charge in [0.25, 0.3) is 5.91 Å². The summed E-state index contributed by atoms with van der Waals surface area (Å²) in [6.45, 7) is 3.97. The van der Waals surface area contributed by atoms with Crippen LogP contribution in [0.5, 0.6) is 23.0 Å². The Balaban J connectivity index is 1.60. The first-order valence-corrected chi connectivity index (χ1v) is 15.3. The smallest absolute Gasteiger partial charge is 0.325 e. The van der Waals surface area contributed by atoms with Gasteiger partial charge in [0.1, 0.15) is 59.6 Å². The van der Waals surface area contributed by atoms with Gasteiger partial charge in [-0.15, -0.1) is 0 Å². The van der Waals surface area contributed by atoms with Crippen LogP contribution in [0, 0.1) is 6.92 Å². The van der Waals surface area contributed by atoms with E-state index in [0.29, 0.717) is 0 Å². The van der Waals surface area contributed by atoms with Gasteiger partial charge in [0.15, 0.2) is 17.9 Å². The van der Waals surface area contributed by atoms with E-state index in [2.05, 4.69) is 5.32 Å². The summed E-state index contributed by atoms with van der Waals surface area (Å²) in [6.07, 6.45) is -11.3. The van der Waals surface area contributed by atoms with E-state index in [9.17, 15) is 60.0 Å². The van der Waals surface area contributed by atoms with Crippen LogP contribution in [0.25, 0.3) is 11.1 Å². The number of ether oxygens (including phenoxy) is 3. The summed E-state index contributed by atoms with van der Waals surface area (Å²) >= 11 is 0. The zero-order valence-electron chi connectivity index (χ0n) is 26.9. The molecule has 0 aromatic heterocycles. The maximum atomic E-state index is 13.9. The van der Waals surface area contributed by atoms with Crippen LogP contribution in [0.1, 0.15) is 84.9 Å². The molecule has 0 spiro atoms. The van der Waals surface area contributed by atoms with Gasteiger partial charge < -0.3 is 60.4 Å². The van der Waals surface area contributed by atoms with Crippen molar-refractivity contribution < 1.29 is 74.2 Å². The molecule has 50 heavy (non-hydrogen) atoms. The highest BCUT2D eigenvalue weighted by atomic mass is 16.7. The fourth-order valence-corrected chi connectivity index (χ4v) is 6.68. The van der Waals surface area contributed by atoms with E-state index >= 15 is 0 Å². The van der Waals surface area contributed by atoms with Crippen molar-refractivity contribution in [2.45, 2.75) is 69.7 Å². The number of aliphatic hydroxyl groups is 4. The van der Waals surface area contributed by atoms with E-state index < -0.39 is 112 Å². The number of aromatic hydroxyl groups is 3. The van der Waals surface area contributed by atoms with Crippen LogP contribution < -0.4 is 10.1 Å². The zero-order valence-corrected chi connectivity index (χ0v) is 26.9. The lowest BCUT2D eigenvalue weighted by Gasteiger charge is -2.42. The number of amides is 1. The molecule has 2 aliphatic carbocycles. The summed E-state index contributed by atoms with van der Waals surface area (Å²) in [7, 11) is 1.27. The number of ketones is 2. The number of carboxylic acid groups (broad SMARTS) is 1. The van der Waals surface area contributed by atoms with E-state index in [4.69, 9.17) is 14.2 Å². The molecule has 6 rings (SSSR count). The second-order valence-corrected chi connectivity index (χ2v) is 12.4. The summed E-state index contributed by atoms with van der Waals surface area (Å²) in [4.78, 5) is 52.5. The summed E-state index contributed by atoms with van der Waals surface area (Å²) in [6, 6.07) is 3.27. The second kappa shape index (κ2) is 12.3. The molecule has 264 valence electrons. The molecular weight excluding hydrogens is 662 g/mol. The van der Waals surface area contributed by atoms with E-state index in [1.807, 2.05) is 0 Å².